The van der Waals surface area contributed by atoms with Crippen molar-refractivity contribution in [3.8, 4) is 5.69 Å². The highest BCUT2D eigenvalue weighted by Crippen LogP contribution is 2.21. The number of halogens is 1. The summed E-state index contributed by atoms with van der Waals surface area (Å²) in [6.45, 7) is 6.53. The number of hydrogen-bond acceptors (Lipinski definition) is 4. The number of nitrogens with zero attached hydrogens (tertiary/aromatic N) is 1. The van der Waals surface area contributed by atoms with Gasteiger partial charge >= 0.3 is 5.97 Å². The number of carbonyl (C=O) groups excluding carboxylic acids is 3. The predicted octanol–water partition coefficient (Wildman–Crippen LogP) is 4.09. The summed E-state index contributed by atoms with van der Waals surface area (Å²) in [7, 11) is 0. The summed E-state index contributed by atoms with van der Waals surface area (Å²) >= 11 is 0. The summed E-state index contributed by atoms with van der Waals surface area (Å²) in [5.41, 5.74) is 3.96. The highest BCUT2D eigenvalue weighted by atomic mass is 19.1. The van der Waals surface area contributed by atoms with Gasteiger partial charge in [-0.05, 0) is 70.2 Å². The first-order valence-electron chi connectivity index (χ1n) is 10.2. The third kappa shape index (κ3) is 5.11. The first kappa shape index (κ1) is 22.9. The molecule has 0 unspecified atom stereocenters. The fourth-order valence-corrected chi connectivity index (χ4v) is 3.50. The number of nitrogens with one attached hydrogen (secondary N) is 1. The smallest absolute Gasteiger partial charge is 0.328 e. The van der Waals surface area contributed by atoms with Gasteiger partial charge in [-0.3, -0.25) is 9.59 Å². The molecule has 2 aromatic carbocycles. The number of aryl methyl sites for hydroxylation is 2. The number of aromatic nitrogens is 1. The zero-order valence-corrected chi connectivity index (χ0v) is 18.4. The van der Waals surface area contributed by atoms with Crippen LogP contribution in [0, 0.1) is 26.6 Å². The SMILES string of the molecule is Cc1cccc(C(=O)N[C@H](C)C(=O)OCC(=O)c2cc(C)n(-c3ccc(F)cc3)c2C)c1. The van der Waals surface area contributed by atoms with E-state index in [0.717, 1.165) is 16.9 Å². The number of benzene rings is 2. The number of carbonyl (C=O) groups is 3. The molecule has 3 rings (SSSR count). The minimum absolute atomic E-state index is 0.344. The monoisotopic (exact) mass is 436 g/mol. The lowest BCUT2D eigenvalue weighted by atomic mass is 10.1. The van der Waals surface area contributed by atoms with E-state index in [9.17, 15) is 18.8 Å². The molecule has 1 atom stereocenters. The maximum Gasteiger partial charge on any atom is 0.328 e. The van der Waals surface area contributed by atoms with E-state index in [1.165, 1.54) is 19.1 Å². The number of esters is 1. The Morgan fingerprint density at radius 2 is 1.72 bits per heavy atom. The van der Waals surface area contributed by atoms with Gasteiger partial charge < -0.3 is 14.6 Å². The lowest BCUT2D eigenvalue weighted by molar-refractivity contribution is -0.144. The largest absolute Gasteiger partial charge is 0.456 e. The maximum absolute atomic E-state index is 13.2. The summed E-state index contributed by atoms with van der Waals surface area (Å²) in [6.07, 6.45) is 0. The molecule has 7 heteroatoms. The van der Waals surface area contributed by atoms with E-state index in [1.54, 1.807) is 43.3 Å². The van der Waals surface area contributed by atoms with Gasteiger partial charge in [0.05, 0.1) is 0 Å². The summed E-state index contributed by atoms with van der Waals surface area (Å²) in [6, 6.07) is 13.7. The van der Waals surface area contributed by atoms with Gasteiger partial charge in [0.15, 0.2) is 6.61 Å². The number of ether oxygens (including phenoxy) is 1. The molecule has 0 bridgehead atoms. The highest BCUT2D eigenvalue weighted by Gasteiger charge is 2.22. The van der Waals surface area contributed by atoms with E-state index >= 15 is 0 Å². The molecule has 0 aliphatic rings. The fraction of sp³-hybridized carbons (Fsp3) is 0.240. The molecule has 1 amide bonds. The first-order chi connectivity index (χ1) is 15.2. The van der Waals surface area contributed by atoms with Gasteiger partial charge in [0, 0.05) is 28.2 Å². The van der Waals surface area contributed by atoms with Crippen LogP contribution in [0.4, 0.5) is 4.39 Å². The standard InChI is InChI=1S/C25H25FN2O4/c1-15-6-5-7-19(12-15)24(30)27-17(3)25(31)32-14-23(29)22-13-16(2)28(18(22)4)21-10-8-20(26)9-11-21/h5-13,17H,14H2,1-4H3,(H,27,30)/t17-/m1/s1. The number of rotatable bonds is 7. The van der Waals surface area contributed by atoms with Crippen molar-refractivity contribution in [2.45, 2.75) is 33.7 Å². The molecular formula is C25H25FN2O4. The van der Waals surface area contributed by atoms with Crippen LogP contribution in [-0.2, 0) is 9.53 Å². The third-order valence-electron chi connectivity index (χ3n) is 5.14. The second-order valence-corrected chi connectivity index (χ2v) is 7.69. The average Bonchev–Trinajstić information content (AvgIpc) is 3.06. The van der Waals surface area contributed by atoms with E-state index in [-0.39, 0.29) is 11.6 Å². The molecule has 6 nitrogen and oxygen atoms in total. The van der Waals surface area contributed by atoms with Crippen LogP contribution in [0.2, 0.25) is 0 Å². The Morgan fingerprint density at radius 1 is 1.03 bits per heavy atom. The summed E-state index contributed by atoms with van der Waals surface area (Å²) in [5, 5.41) is 2.58. The normalized spacial score (nSPS) is 11.7. The lowest BCUT2D eigenvalue weighted by Crippen LogP contribution is -2.40. The van der Waals surface area contributed by atoms with Crippen molar-refractivity contribution in [3.63, 3.8) is 0 Å². The van der Waals surface area contributed by atoms with Crippen LogP contribution in [0.15, 0.2) is 54.6 Å². The van der Waals surface area contributed by atoms with Crippen molar-refractivity contribution in [1.29, 1.82) is 0 Å². The molecule has 1 aromatic heterocycles. The maximum atomic E-state index is 13.2. The summed E-state index contributed by atoms with van der Waals surface area (Å²) in [4.78, 5) is 37.3. The van der Waals surface area contributed by atoms with Gasteiger partial charge in [-0.15, -0.1) is 0 Å². The van der Waals surface area contributed by atoms with Crippen molar-refractivity contribution in [2.24, 2.45) is 0 Å². The minimum atomic E-state index is -0.914. The van der Waals surface area contributed by atoms with Gasteiger partial charge in [0.2, 0.25) is 5.78 Å². The van der Waals surface area contributed by atoms with Crippen LogP contribution < -0.4 is 5.32 Å². The second-order valence-electron chi connectivity index (χ2n) is 7.69. The highest BCUT2D eigenvalue weighted by molar-refractivity contribution is 6.00. The molecule has 0 saturated carbocycles. The molecule has 0 aliphatic heterocycles. The topological polar surface area (TPSA) is 77.4 Å². The van der Waals surface area contributed by atoms with Crippen LogP contribution in [-0.4, -0.2) is 34.9 Å². The molecule has 1 heterocycles. The van der Waals surface area contributed by atoms with Crippen LogP contribution in [0.3, 0.4) is 0 Å². The Balaban J connectivity index is 1.63. The molecule has 166 valence electrons. The van der Waals surface area contributed by atoms with E-state index in [2.05, 4.69) is 5.32 Å². The Labute approximate surface area is 186 Å². The molecule has 0 radical (unpaired) electrons. The number of Topliss-reactive ketones (excluding diaryl/α,β-unsaturated/α-hetero) is 1. The van der Waals surface area contributed by atoms with Gasteiger partial charge in [-0.1, -0.05) is 17.7 Å². The molecule has 3 aromatic rings. The molecule has 1 N–H and O–H groups in total. The van der Waals surface area contributed by atoms with E-state index < -0.39 is 24.5 Å². The van der Waals surface area contributed by atoms with Gasteiger partial charge in [0.25, 0.3) is 5.91 Å². The van der Waals surface area contributed by atoms with Crippen molar-refractivity contribution in [2.75, 3.05) is 6.61 Å². The average molecular weight is 436 g/mol. The summed E-state index contributed by atoms with van der Waals surface area (Å²) in [5.74, 6) is -1.81. The molecule has 32 heavy (non-hydrogen) atoms. The zero-order valence-electron chi connectivity index (χ0n) is 18.4. The molecule has 0 aliphatic carbocycles. The van der Waals surface area contributed by atoms with Crippen LogP contribution in [0.25, 0.3) is 5.69 Å². The van der Waals surface area contributed by atoms with Crippen molar-refractivity contribution in [3.05, 3.63) is 88.5 Å². The number of ketones is 1. The Morgan fingerprint density at radius 3 is 2.38 bits per heavy atom. The van der Waals surface area contributed by atoms with Gasteiger partial charge in [-0.2, -0.15) is 0 Å². The first-order valence-corrected chi connectivity index (χ1v) is 10.2. The molecule has 0 spiro atoms. The quantitative estimate of drug-likeness (QED) is 0.447. The predicted molar refractivity (Wildman–Crippen MR) is 119 cm³/mol. The Kier molecular flexibility index (Phi) is 6.88. The second kappa shape index (κ2) is 9.60. The van der Waals surface area contributed by atoms with Gasteiger partial charge in [-0.25, -0.2) is 9.18 Å². The lowest BCUT2D eigenvalue weighted by Gasteiger charge is -2.13. The molecular weight excluding hydrogens is 411 g/mol. The van der Waals surface area contributed by atoms with Gasteiger partial charge in [0.1, 0.15) is 11.9 Å². The van der Waals surface area contributed by atoms with Crippen LogP contribution in [0.1, 0.15) is 44.6 Å². The van der Waals surface area contributed by atoms with E-state index in [0.29, 0.717) is 16.8 Å². The van der Waals surface area contributed by atoms with E-state index in [4.69, 9.17) is 4.74 Å². The third-order valence-corrected chi connectivity index (χ3v) is 5.14. The van der Waals surface area contributed by atoms with Crippen LogP contribution in [0.5, 0.6) is 0 Å². The van der Waals surface area contributed by atoms with Crippen molar-refractivity contribution < 1.29 is 23.5 Å². The minimum Gasteiger partial charge on any atom is -0.456 e. The number of hydrogen-bond donors (Lipinski definition) is 1. The van der Waals surface area contributed by atoms with Crippen LogP contribution >= 0.6 is 0 Å². The number of amides is 1. The van der Waals surface area contributed by atoms with Crippen molar-refractivity contribution in [1.82, 2.24) is 9.88 Å². The Bertz CT molecular complexity index is 1170. The molecule has 0 saturated heterocycles. The Hall–Kier alpha value is -3.74. The van der Waals surface area contributed by atoms with E-state index in [1.807, 2.05) is 24.5 Å². The van der Waals surface area contributed by atoms with Crippen molar-refractivity contribution >= 4 is 17.7 Å². The molecule has 0 fully saturated rings. The fourth-order valence-electron chi connectivity index (χ4n) is 3.50. The zero-order chi connectivity index (χ0) is 23.4. The summed E-state index contributed by atoms with van der Waals surface area (Å²) < 4.78 is 20.2.